The van der Waals surface area contributed by atoms with Crippen LogP contribution in [0.3, 0.4) is 0 Å². The normalized spacial score (nSPS) is 18.9. The van der Waals surface area contributed by atoms with Crippen molar-refractivity contribution in [3.05, 3.63) is 66.2 Å². The van der Waals surface area contributed by atoms with Crippen LogP contribution < -0.4 is 10.7 Å². The number of aliphatic hydroxyl groups excluding tert-OH is 1. The number of hydrogen-bond acceptors (Lipinski definition) is 7. The first-order valence-electron chi connectivity index (χ1n) is 12.4. The Morgan fingerprint density at radius 3 is 2.68 bits per heavy atom. The Labute approximate surface area is 215 Å². The highest BCUT2D eigenvalue weighted by molar-refractivity contribution is 5.98. The summed E-state index contributed by atoms with van der Waals surface area (Å²) in [6.07, 6.45) is 1.37. The number of rotatable bonds is 7. The summed E-state index contributed by atoms with van der Waals surface area (Å²) in [6.45, 7) is 4.30. The summed E-state index contributed by atoms with van der Waals surface area (Å²) in [5.41, 5.74) is 3.88. The SMILES string of the molecule is CC(C)CC(NC(=O)c1cc2ccccc2o1)C(=O)N(C)C1CCNN(C(=O)c2ccccn2)CC1O. The molecule has 1 saturated heterocycles. The molecule has 3 heterocycles. The number of nitrogens with one attached hydrogen (secondary N) is 2. The molecular formula is C27H33N5O5. The van der Waals surface area contributed by atoms with E-state index in [-0.39, 0.29) is 35.7 Å². The number of likely N-dealkylation sites (N-methyl/N-ethyl adjacent to an activating group) is 1. The Kier molecular flexibility index (Phi) is 8.20. The van der Waals surface area contributed by atoms with Gasteiger partial charge in [-0.1, -0.05) is 38.1 Å². The van der Waals surface area contributed by atoms with E-state index >= 15 is 0 Å². The highest BCUT2D eigenvalue weighted by Gasteiger charge is 2.36. The van der Waals surface area contributed by atoms with Crippen molar-refractivity contribution in [3.63, 3.8) is 0 Å². The third-order valence-corrected chi connectivity index (χ3v) is 6.49. The van der Waals surface area contributed by atoms with Crippen LogP contribution in [0.4, 0.5) is 0 Å². The van der Waals surface area contributed by atoms with Gasteiger partial charge in [0.15, 0.2) is 5.76 Å². The van der Waals surface area contributed by atoms with Gasteiger partial charge in [-0.05, 0) is 43.0 Å². The van der Waals surface area contributed by atoms with Crippen LogP contribution in [0.15, 0.2) is 59.1 Å². The van der Waals surface area contributed by atoms with Crippen LogP contribution in [0.1, 0.15) is 47.7 Å². The molecule has 1 aliphatic rings. The minimum absolute atomic E-state index is 0.0160. The molecule has 0 spiro atoms. The lowest BCUT2D eigenvalue weighted by Crippen LogP contribution is -2.54. The number of pyridine rings is 1. The number of carbonyl (C=O) groups is 3. The van der Waals surface area contributed by atoms with E-state index in [2.05, 4.69) is 15.7 Å². The Morgan fingerprint density at radius 2 is 1.97 bits per heavy atom. The number of nitrogens with zero attached hydrogens (tertiary/aromatic N) is 3. The number of hydrogen-bond donors (Lipinski definition) is 3. The third kappa shape index (κ3) is 6.15. The largest absolute Gasteiger partial charge is 0.451 e. The Bertz CT molecular complexity index is 1210. The molecular weight excluding hydrogens is 474 g/mol. The molecule has 4 rings (SSSR count). The van der Waals surface area contributed by atoms with Crippen LogP contribution in [0.2, 0.25) is 0 Å². The summed E-state index contributed by atoms with van der Waals surface area (Å²) in [7, 11) is 1.62. The molecule has 3 unspecified atom stereocenters. The second-order valence-electron chi connectivity index (χ2n) is 9.72. The lowest BCUT2D eigenvalue weighted by Gasteiger charge is -2.34. The number of β-amino-alcohol motifs (C(OH)–C–C–N with tert-alkyl or cyclic N) is 1. The standard InChI is InChI=1S/C27H33N5O5/c1-17(2)14-20(30-25(34)24-15-18-8-4-5-10-23(18)37-24)26(35)31(3)21-11-13-29-32(16-22(21)33)27(36)19-9-6-7-12-28-19/h4-10,12,15,17,20-22,29,33H,11,13-14,16H2,1-3H3,(H,30,34). The second kappa shape index (κ2) is 11.5. The first-order valence-corrected chi connectivity index (χ1v) is 12.4. The van der Waals surface area contributed by atoms with E-state index in [1.54, 1.807) is 37.4 Å². The van der Waals surface area contributed by atoms with Crippen LogP contribution >= 0.6 is 0 Å². The molecule has 3 N–H and O–H groups in total. The number of hydrazine groups is 1. The third-order valence-electron chi connectivity index (χ3n) is 6.49. The smallest absolute Gasteiger partial charge is 0.287 e. The summed E-state index contributed by atoms with van der Waals surface area (Å²) in [5, 5.41) is 16.0. The van der Waals surface area contributed by atoms with Gasteiger partial charge in [0, 0.05) is 25.2 Å². The zero-order valence-electron chi connectivity index (χ0n) is 21.3. The fourth-order valence-corrected chi connectivity index (χ4v) is 4.57. The van der Waals surface area contributed by atoms with Gasteiger partial charge in [-0.3, -0.25) is 24.4 Å². The molecule has 2 aromatic heterocycles. The van der Waals surface area contributed by atoms with Crippen molar-refractivity contribution in [2.45, 2.75) is 44.9 Å². The molecule has 10 heteroatoms. The number of furan rings is 1. The Hall–Kier alpha value is -3.76. The zero-order valence-corrected chi connectivity index (χ0v) is 21.3. The van der Waals surface area contributed by atoms with Gasteiger partial charge in [-0.15, -0.1) is 0 Å². The second-order valence-corrected chi connectivity index (χ2v) is 9.72. The molecule has 196 valence electrons. The maximum atomic E-state index is 13.6. The number of aromatic nitrogens is 1. The average Bonchev–Trinajstić information content (AvgIpc) is 3.24. The van der Waals surface area contributed by atoms with Crippen molar-refractivity contribution in [1.82, 2.24) is 25.6 Å². The molecule has 0 saturated carbocycles. The first-order chi connectivity index (χ1) is 17.7. The van der Waals surface area contributed by atoms with Crippen molar-refractivity contribution in [2.24, 2.45) is 5.92 Å². The van der Waals surface area contributed by atoms with Gasteiger partial charge in [0.05, 0.1) is 18.7 Å². The van der Waals surface area contributed by atoms with Crippen LogP contribution in [0.25, 0.3) is 11.0 Å². The molecule has 1 fully saturated rings. The highest BCUT2D eigenvalue weighted by Crippen LogP contribution is 2.20. The molecule has 1 aliphatic heterocycles. The van der Waals surface area contributed by atoms with Crippen molar-refractivity contribution in [2.75, 3.05) is 20.1 Å². The van der Waals surface area contributed by atoms with E-state index < -0.39 is 24.1 Å². The zero-order chi connectivity index (χ0) is 26.5. The quantitative estimate of drug-likeness (QED) is 0.447. The maximum Gasteiger partial charge on any atom is 0.287 e. The summed E-state index contributed by atoms with van der Waals surface area (Å²) in [4.78, 5) is 44.9. The van der Waals surface area contributed by atoms with Gasteiger partial charge < -0.3 is 19.7 Å². The van der Waals surface area contributed by atoms with Crippen molar-refractivity contribution >= 4 is 28.7 Å². The van der Waals surface area contributed by atoms with Crippen LogP contribution in [-0.2, 0) is 4.79 Å². The van der Waals surface area contributed by atoms with Crippen molar-refractivity contribution in [3.8, 4) is 0 Å². The van der Waals surface area contributed by atoms with E-state index in [1.165, 1.54) is 16.1 Å². The summed E-state index contributed by atoms with van der Waals surface area (Å²) < 4.78 is 5.67. The van der Waals surface area contributed by atoms with E-state index in [1.807, 2.05) is 32.0 Å². The van der Waals surface area contributed by atoms with Crippen molar-refractivity contribution in [1.29, 1.82) is 0 Å². The highest BCUT2D eigenvalue weighted by atomic mass is 16.3. The predicted octanol–water partition coefficient (Wildman–Crippen LogP) is 2.21. The molecule has 0 bridgehead atoms. The van der Waals surface area contributed by atoms with Crippen LogP contribution in [-0.4, -0.2) is 76.0 Å². The molecule has 37 heavy (non-hydrogen) atoms. The summed E-state index contributed by atoms with van der Waals surface area (Å²) >= 11 is 0. The molecule has 3 amide bonds. The number of aliphatic hydroxyl groups is 1. The fraction of sp³-hybridized carbons (Fsp3) is 0.407. The topological polar surface area (TPSA) is 128 Å². The average molecular weight is 508 g/mol. The number of fused-ring (bicyclic) bond motifs is 1. The van der Waals surface area contributed by atoms with Gasteiger partial charge in [0.2, 0.25) is 5.91 Å². The molecule has 10 nitrogen and oxygen atoms in total. The minimum atomic E-state index is -0.998. The number of benzene rings is 1. The molecule has 3 aromatic rings. The van der Waals surface area contributed by atoms with Gasteiger partial charge in [-0.2, -0.15) is 0 Å². The molecule has 3 atom stereocenters. The number of amides is 3. The fourth-order valence-electron chi connectivity index (χ4n) is 4.57. The van der Waals surface area contributed by atoms with Crippen LogP contribution in [0.5, 0.6) is 0 Å². The molecule has 0 aliphatic carbocycles. The minimum Gasteiger partial charge on any atom is -0.451 e. The van der Waals surface area contributed by atoms with Gasteiger partial charge >= 0.3 is 0 Å². The molecule has 0 radical (unpaired) electrons. The monoisotopic (exact) mass is 507 g/mol. The summed E-state index contributed by atoms with van der Waals surface area (Å²) in [5.74, 6) is -0.881. The van der Waals surface area contributed by atoms with Gasteiger partial charge in [-0.25, -0.2) is 5.43 Å². The number of para-hydroxylation sites is 1. The lowest BCUT2D eigenvalue weighted by atomic mass is 10.00. The Morgan fingerprint density at radius 1 is 1.22 bits per heavy atom. The predicted molar refractivity (Wildman–Crippen MR) is 137 cm³/mol. The maximum absolute atomic E-state index is 13.6. The van der Waals surface area contributed by atoms with E-state index in [0.717, 1.165) is 5.39 Å². The van der Waals surface area contributed by atoms with Crippen molar-refractivity contribution < 1.29 is 23.9 Å². The summed E-state index contributed by atoms with van der Waals surface area (Å²) in [6, 6.07) is 12.7. The van der Waals surface area contributed by atoms with Gasteiger partial charge in [0.25, 0.3) is 11.8 Å². The van der Waals surface area contributed by atoms with E-state index in [0.29, 0.717) is 25.0 Å². The van der Waals surface area contributed by atoms with Gasteiger partial charge in [0.1, 0.15) is 17.3 Å². The van der Waals surface area contributed by atoms with E-state index in [4.69, 9.17) is 4.42 Å². The number of carbonyl (C=O) groups excluding carboxylic acids is 3. The Balaban J connectivity index is 1.45. The van der Waals surface area contributed by atoms with E-state index in [9.17, 15) is 19.5 Å². The lowest BCUT2D eigenvalue weighted by molar-refractivity contribution is -0.136. The first kappa shape index (κ1) is 26.3. The molecule has 1 aromatic carbocycles. The van der Waals surface area contributed by atoms with Crippen LogP contribution in [0, 0.1) is 5.92 Å².